The molecule has 2 fully saturated rings. The van der Waals surface area contributed by atoms with Crippen LogP contribution in [0.2, 0.25) is 0 Å². The Kier molecular flexibility index (Phi) is 6.28. The molecule has 1 amide bonds. The third-order valence-electron chi connectivity index (χ3n) is 6.36. The minimum Gasteiger partial charge on any atom is -0.494 e. The molecule has 2 aliphatic heterocycles. The monoisotopic (exact) mass is 400 g/mol. The van der Waals surface area contributed by atoms with Gasteiger partial charge >= 0.3 is 6.09 Å². The van der Waals surface area contributed by atoms with Crippen molar-refractivity contribution in [2.75, 3.05) is 39.4 Å². The first kappa shape index (κ1) is 20.1. The number of hydrogen-bond acceptors (Lipinski definition) is 5. The minimum atomic E-state index is -0.164. The smallest absolute Gasteiger partial charge is 0.409 e. The molecule has 29 heavy (non-hydrogen) atoms. The van der Waals surface area contributed by atoms with Crippen LogP contribution in [0.15, 0.2) is 28.9 Å². The summed E-state index contributed by atoms with van der Waals surface area (Å²) in [7, 11) is 0. The fourth-order valence-electron chi connectivity index (χ4n) is 4.80. The largest absolute Gasteiger partial charge is 0.494 e. The first-order valence-corrected chi connectivity index (χ1v) is 11.0. The zero-order valence-corrected chi connectivity index (χ0v) is 17.6. The molecule has 6 heteroatoms. The fraction of sp³-hybridized carbons (Fsp3) is 0.609. The Morgan fingerprint density at radius 2 is 1.83 bits per heavy atom. The maximum absolute atomic E-state index is 11.9. The van der Waals surface area contributed by atoms with Crippen LogP contribution in [0, 0.1) is 0 Å². The van der Waals surface area contributed by atoms with Gasteiger partial charge in [-0.25, -0.2) is 4.79 Å². The molecule has 0 spiro atoms. The summed E-state index contributed by atoms with van der Waals surface area (Å²) in [5.41, 5.74) is 2.26. The number of fused-ring (bicyclic) bond motifs is 1. The molecule has 2 aliphatic rings. The van der Waals surface area contributed by atoms with E-state index in [1.165, 1.54) is 10.9 Å². The van der Waals surface area contributed by atoms with Crippen molar-refractivity contribution >= 4 is 17.1 Å². The topological polar surface area (TPSA) is 55.2 Å². The van der Waals surface area contributed by atoms with E-state index in [2.05, 4.69) is 11.0 Å². The van der Waals surface area contributed by atoms with Crippen molar-refractivity contribution in [2.45, 2.75) is 51.5 Å². The molecule has 2 aromatic rings. The van der Waals surface area contributed by atoms with Crippen LogP contribution in [0.25, 0.3) is 11.0 Å². The van der Waals surface area contributed by atoms with E-state index < -0.39 is 0 Å². The summed E-state index contributed by atoms with van der Waals surface area (Å²) in [5.74, 6) is 1.44. The van der Waals surface area contributed by atoms with Crippen molar-refractivity contribution in [1.29, 1.82) is 0 Å². The van der Waals surface area contributed by atoms with Gasteiger partial charge in [-0.05, 0) is 76.7 Å². The lowest BCUT2D eigenvalue weighted by Gasteiger charge is -2.41. The van der Waals surface area contributed by atoms with Crippen LogP contribution in [-0.4, -0.2) is 61.3 Å². The molecule has 0 unspecified atom stereocenters. The van der Waals surface area contributed by atoms with Crippen molar-refractivity contribution in [3.05, 3.63) is 30.0 Å². The van der Waals surface area contributed by atoms with Gasteiger partial charge in [0, 0.05) is 30.1 Å². The third-order valence-corrected chi connectivity index (χ3v) is 6.36. The van der Waals surface area contributed by atoms with E-state index in [0.29, 0.717) is 25.2 Å². The number of ether oxygens (including phenoxy) is 2. The van der Waals surface area contributed by atoms with Gasteiger partial charge in [0.1, 0.15) is 11.3 Å². The summed E-state index contributed by atoms with van der Waals surface area (Å²) in [5, 5.41) is 1.19. The Labute approximate surface area is 172 Å². The lowest BCUT2D eigenvalue weighted by molar-refractivity contribution is 0.0663. The molecule has 158 valence electrons. The molecule has 0 bridgehead atoms. The lowest BCUT2D eigenvalue weighted by atomic mass is 9.88. The number of furan rings is 1. The number of benzene rings is 1. The minimum absolute atomic E-state index is 0.164. The second-order valence-electron chi connectivity index (χ2n) is 8.01. The summed E-state index contributed by atoms with van der Waals surface area (Å²) in [6.07, 6.45) is 6.14. The van der Waals surface area contributed by atoms with Gasteiger partial charge in [0.25, 0.3) is 0 Å². The first-order chi connectivity index (χ1) is 14.2. The van der Waals surface area contributed by atoms with Gasteiger partial charge in [-0.2, -0.15) is 0 Å². The average molecular weight is 401 g/mol. The molecule has 1 aromatic heterocycles. The normalized spacial score (nSPS) is 19.6. The quantitative estimate of drug-likeness (QED) is 0.732. The lowest BCUT2D eigenvalue weighted by Crippen LogP contribution is -2.48. The number of piperidine rings is 2. The van der Waals surface area contributed by atoms with E-state index >= 15 is 0 Å². The average Bonchev–Trinajstić information content (AvgIpc) is 3.18. The van der Waals surface area contributed by atoms with Crippen LogP contribution in [0.1, 0.15) is 51.0 Å². The van der Waals surface area contributed by atoms with Crippen LogP contribution in [0.3, 0.4) is 0 Å². The SMILES string of the molecule is CCOC(=O)N1CCC(N2CCC(c3coc4ccc(OCC)cc34)CC2)CC1. The third kappa shape index (κ3) is 4.37. The predicted octanol–water partition coefficient (Wildman–Crippen LogP) is 4.63. The van der Waals surface area contributed by atoms with Crippen molar-refractivity contribution in [3.63, 3.8) is 0 Å². The van der Waals surface area contributed by atoms with E-state index in [1.54, 1.807) is 0 Å². The van der Waals surface area contributed by atoms with Crippen molar-refractivity contribution in [2.24, 2.45) is 0 Å². The van der Waals surface area contributed by atoms with E-state index in [9.17, 15) is 4.79 Å². The van der Waals surface area contributed by atoms with Gasteiger partial charge in [-0.15, -0.1) is 0 Å². The highest BCUT2D eigenvalue weighted by Gasteiger charge is 2.31. The van der Waals surface area contributed by atoms with Gasteiger partial charge in [0.15, 0.2) is 0 Å². The van der Waals surface area contributed by atoms with E-state index in [4.69, 9.17) is 13.9 Å². The Balaban J connectivity index is 1.34. The van der Waals surface area contributed by atoms with Crippen LogP contribution in [0.5, 0.6) is 5.75 Å². The Morgan fingerprint density at radius 1 is 1.07 bits per heavy atom. The molecule has 2 saturated heterocycles. The van der Waals surface area contributed by atoms with Gasteiger partial charge < -0.3 is 23.7 Å². The molecular formula is C23H32N2O4. The molecule has 6 nitrogen and oxygen atoms in total. The Morgan fingerprint density at radius 3 is 2.52 bits per heavy atom. The number of rotatable bonds is 5. The molecule has 0 saturated carbocycles. The Hall–Kier alpha value is -2.21. The highest BCUT2D eigenvalue weighted by atomic mass is 16.6. The molecule has 3 heterocycles. The van der Waals surface area contributed by atoms with E-state index in [1.807, 2.05) is 37.1 Å². The maximum Gasteiger partial charge on any atom is 0.409 e. The van der Waals surface area contributed by atoms with Gasteiger partial charge in [-0.1, -0.05) is 0 Å². The number of amides is 1. The second kappa shape index (κ2) is 9.08. The number of hydrogen-bond donors (Lipinski definition) is 0. The van der Waals surface area contributed by atoms with Crippen LogP contribution in [-0.2, 0) is 4.74 Å². The van der Waals surface area contributed by atoms with Crippen LogP contribution >= 0.6 is 0 Å². The fourth-order valence-corrected chi connectivity index (χ4v) is 4.80. The highest BCUT2D eigenvalue weighted by molar-refractivity contribution is 5.83. The summed E-state index contributed by atoms with van der Waals surface area (Å²) >= 11 is 0. The van der Waals surface area contributed by atoms with Crippen molar-refractivity contribution < 1.29 is 18.7 Å². The molecule has 1 aromatic carbocycles. The van der Waals surface area contributed by atoms with Crippen molar-refractivity contribution in [1.82, 2.24) is 9.80 Å². The number of nitrogens with zero attached hydrogens (tertiary/aromatic N) is 2. The van der Waals surface area contributed by atoms with Gasteiger partial charge in [-0.3, -0.25) is 0 Å². The zero-order chi connectivity index (χ0) is 20.2. The highest BCUT2D eigenvalue weighted by Crippen LogP contribution is 2.37. The standard InChI is InChI=1S/C23H32N2O4/c1-3-27-19-5-6-22-20(15-19)21(16-29-22)17-7-11-24(12-8-17)18-9-13-25(14-10-18)23(26)28-4-2/h5-6,15-18H,3-4,7-14H2,1-2H3. The van der Waals surface area contributed by atoms with Gasteiger partial charge in [0.2, 0.25) is 0 Å². The van der Waals surface area contributed by atoms with E-state index in [0.717, 1.165) is 63.2 Å². The molecular weight excluding hydrogens is 368 g/mol. The maximum atomic E-state index is 11.9. The number of likely N-dealkylation sites (tertiary alicyclic amines) is 2. The number of carbonyl (C=O) groups excluding carboxylic acids is 1. The summed E-state index contributed by atoms with van der Waals surface area (Å²) in [6, 6.07) is 6.68. The summed E-state index contributed by atoms with van der Waals surface area (Å²) in [4.78, 5) is 16.4. The number of carbonyl (C=O) groups is 1. The predicted molar refractivity (Wildman–Crippen MR) is 113 cm³/mol. The molecule has 0 aliphatic carbocycles. The summed E-state index contributed by atoms with van der Waals surface area (Å²) < 4.78 is 16.6. The van der Waals surface area contributed by atoms with Gasteiger partial charge in [0.05, 0.1) is 19.5 Å². The second-order valence-corrected chi connectivity index (χ2v) is 8.01. The van der Waals surface area contributed by atoms with Crippen LogP contribution < -0.4 is 4.74 Å². The first-order valence-electron chi connectivity index (χ1n) is 11.0. The van der Waals surface area contributed by atoms with Crippen molar-refractivity contribution in [3.8, 4) is 5.75 Å². The Bertz CT molecular complexity index is 817. The molecule has 4 rings (SSSR count). The zero-order valence-electron chi connectivity index (χ0n) is 17.6. The molecule has 0 N–H and O–H groups in total. The summed E-state index contributed by atoms with van der Waals surface area (Å²) in [6.45, 7) is 8.79. The molecule has 0 atom stereocenters. The van der Waals surface area contributed by atoms with Crippen LogP contribution in [0.4, 0.5) is 4.79 Å². The molecule has 0 radical (unpaired) electrons. The van der Waals surface area contributed by atoms with E-state index in [-0.39, 0.29) is 6.09 Å².